The molecule has 0 amide bonds. The smallest absolute Gasteiger partial charge is 0.380 e. The molecule has 0 atom stereocenters. The number of ketones is 1. The van der Waals surface area contributed by atoms with E-state index in [2.05, 4.69) is 0 Å². The third-order valence-electron chi connectivity index (χ3n) is 2.43. The summed E-state index contributed by atoms with van der Waals surface area (Å²) in [5, 5.41) is 0.831. The Bertz CT molecular complexity index is 600. The quantitative estimate of drug-likeness (QED) is 0.484. The third-order valence-corrected chi connectivity index (χ3v) is 3.53. The largest absolute Gasteiger partial charge is 0.496 e. The highest BCUT2D eigenvalue weighted by molar-refractivity contribution is 7.21. The number of carbonyl (C=O) groups excluding carboxylic acids is 2. The minimum atomic E-state index is -0.817. The van der Waals surface area contributed by atoms with Crippen LogP contribution in [0.5, 0.6) is 5.75 Å². The van der Waals surface area contributed by atoms with Crippen LogP contribution in [0.15, 0.2) is 24.3 Å². The Labute approximate surface area is 108 Å². The molecule has 0 fully saturated rings. The van der Waals surface area contributed by atoms with Gasteiger partial charge in [0.15, 0.2) is 0 Å². The van der Waals surface area contributed by atoms with Gasteiger partial charge in [-0.05, 0) is 25.1 Å². The van der Waals surface area contributed by atoms with Crippen LogP contribution in [0, 0.1) is 0 Å². The Morgan fingerprint density at radius 2 is 2.11 bits per heavy atom. The molecule has 5 heteroatoms. The number of benzene rings is 1. The Hall–Kier alpha value is -1.88. The van der Waals surface area contributed by atoms with E-state index in [0.717, 1.165) is 10.1 Å². The molecule has 0 aliphatic heterocycles. The van der Waals surface area contributed by atoms with E-state index < -0.39 is 11.8 Å². The maximum atomic E-state index is 11.8. The van der Waals surface area contributed by atoms with Crippen LogP contribution in [0.1, 0.15) is 16.6 Å². The van der Waals surface area contributed by atoms with Crippen LogP contribution >= 0.6 is 11.3 Å². The van der Waals surface area contributed by atoms with E-state index in [1.807, 2.05) is 18.2 Å². The summed E-state index contributed by atoms with van der Waals surface area (Å²) < 4.78 is 10.8. The number of thiophene rings is 1. The molecule has 1 aromatic heterocycles. The lowest BCUT2D eigenvalue weighted by Gasteiger charge is -1.99. The van der Waals surface area contributed by atoms with Gasteiger partial charge in [-0.25, -0.2) is 4.79 Å². The fourth-order valence-corrected chi connectivity index (χ4v) is 2.63. The molecule has 0 saturated heterocycles. The number of ether oxygens (including phenoxy) is 2. The highest BCUT2D eigenvalue weighted by Gasteiger charge is 2.20. The zero-order chi connectivity index (χ0) is 13.1. The van der Waals surface area contributed by atoms with E-state index in [4.69, 9.17) is 9.47 Å². The Kier molecular flexibility index (Phi) is 3.62. The van der Waals surface area contributed by atoms with Gasteiger partial charge in [0.1, 0.15) is 5.75 Å². The second kappa shape index (κ2) is 5.18. The van der Waals surface area contributed by atoms with Crippen LogP contribution in [0.2, 0.25) is 0 Å². The van der Waals surface area contributed by atoms with E-state index in [1.165, 1.54) is 11.3 Å². The van der Waals surface area contributed by atoms with Crippen molar-refractivity contribution in [2.45, 2.75) is 6.92 Å². The predicted octanol–water partition coefficient (Wildman–Crippen LogP) is 2.66. The summed E-state index contributed by atoms with van der Waals surface area (Å²) in [6, 6.07) is 7.20. The van der Waals surface area contributed by atoms with Crippen molar-refractivity contribution >= 4 is 33.2 Å². The predicted molar refractivity (Wildman–Crippen MR) is 69.3 cm³/mol. The molecule has 0 N–H and O–H groups in total. The molecule has 0 aliphatic carbocycles. The number of esters is 1. The lowest BCUT2D eigenvalue weighted by Crippen LogP contribution is -2.16. The normalized spacial score (nSPS) is 10.3. The zero-order valence-electron chi connectivity index (χ0n) is 10.1. The maximum Gasteiger partial charge on any atom is 0.380 e. The standard InChI is InChI=1S/C13H12O4S/c1-3-17-13(15)12(14)11-7-8-9(16-2)5-4-6-10(8)18-11/h4-7H,3H2,1-2H3. The van der Waals surface area contributed by atoms with Gasteiger partial charge in [-0.3, -0.25) is 4.79 Å². The van der Waals surface area contributed by atoms with Crippen molar-refractivity contribution in [3.8, 4) is 5.75 Å². The van der Waals surface area contributed by atoms with Crippen molar-refractivity contribution < 1.29 is 19.1 Å². The molecule has 1 aromatic carbocycles. The highest BCUT2D eigenvalue weighted by Crippen LogP contribution is 2.32. The summed E-state index contributed by atoms with van der Waals surface area (Å²) in [5.41, 5.74) is 0. The second-order valence-corrected chi connectivity index (χ2v) is 4.62. The molecule has 2 aromatic rings. The van der Waals surface area contributed by atoms with Crippen molar-refractivity contribution in [3.05, 3.63) is 29.1 Å². The molecule has 0 bridgehead atoms. The van der Waals surface area contributed by atoms with Crippen molar-refractivity contribution in [1.82, 2.24) is 0 Å². The summed E-state index contributed by atoms with van der Waals surface area (Å²) in [6.45, 7) is 1.86. The Balaban J connectivity index is 2.41. The molecule has 0 spiro atoms. The SMILES string of the molecule is CCOC(=O)C(=O)c1cc2c(OC)cccc2s1. The van der Waals surface area contributed by atoms with Crippen molar-refractivity contribution in [2.24, 2.45) is 0 Å². The topological polar surface area (TPSA) is 52.6 Å². The molecular formula is C13H12O4S. The number of fused-ring (bicyclic) bond motifs is 1. The van der Waals surface area contributed by atoms with Crippen LogP contribution < -0.4 is 4.74 Å². The average molecular weight is 264 g/mol. The van der Waals surface area contributed by atoms with E-state index in [0.29, 0.717) is 10.6 Å². The first kappa shape index (κ1) is 12.6. The first-order valence-electron chi connectivity index (χ1n) is 5.45. The average Bonchev–Trinajstić information content (AvgIpc) is 2.81. The number of hydrogen-bond donors (Lipinski definition) is 0. The summed E-state index contributed by atoms with van der Waals surface area (Å²) in [6.07, 6.45) is 0. The van der Waals surface area contributed by atoms with Crippen LogP contribution in [0.4, 0.5) is 0 Å². The van der Waals surface area contributed by atoms with E-state index in [1.54, 1.807) is 20.1 Å². The summed E-state index contributed by atoms with van der Waals surface area (Å²) in [4.78, 5) is 23.5. The van der Waals surface area contributed by atoms with Crippen molar-refractivity contribution in [3.63, 3.8) is 0 Å². The molecule has 4 nitrogen and oxygen atoms in total. The number of carbonyl (C=O) groups is 2. The van der Waals surface area contributed by atoms with Gasteiger partial charge >= 0.3 is 5.97 Å². The fraction of sp³-hybridized carbons (Fsp3) is 0.231. The van der Waals surface area contributed by atoms with Gasteiger partial charge in [0, 0.05) is 10.1 Å². The number of hydrogen-bond acceptors (Lipinski definition) is 5. The third kappa shape index (κ3) is 2.22. The van der Waals surface area contributed by atoms with Gasteiger partial charge in [0.2, 0.25) is 0 Å². The van der Waals surface area contributed by atoms with Gasteiger partial charge in [-0.2, -0.15) is 0 Å². The summed E-state index contributed by atoms with van der Waals surface area (Å²) in [5.74, 6) is -0.741. The number of methoxy groups -OCH3 is 1. The van der Waals surface area contributed by atoms with Gasteiger partial charge in [-0.1, -0.05) is 6.07 Å². The van der Waals surface area contributed by atoms with Crippen LogP contribution in [0.3, 0.4) is 0 Å². The van der Waals surface area contributed by atoms with Gasteiger partial charge < -0.3 is 9.47 Å². The summed E-state index contributed by atoms with van der Waals surface area (Å²) >= 11 is 1.26. The fourth-order valence-electron chi connectivity index (χ4n) is 1.62. The monoisotopic (exact) mass is 264 g/mol. The first-order chi connectivity index (χ1) is 8.67. The lowest BCUT2D eigenvalue weighted by molar-refractivity contribution is -0.137. The molecule has 0 aliphatic rings. The lowest BCUT2D eigenvalue weighted by atomic mass is 10.2. The Morgan fingerprint density at radius 1 is 1.33 bits per heavy atom. The molecule has 0 radical (unpaired) electrons. The number of rotatable bonds is 4. The summed E-state index contributed by atoms with van der Waals surface area (Å²) in [7, 11) is 1.57. The minimum Gasteiger partial charge on any atom is -0.496 e. The first-order valence-corrected chi connectivity index (χ1v) is 6.27. The van der Waals surface area contributed by atoms with E-state index >= 15 is 0 Å². The van der Waals surface area contributed by atoms with Gasteiger partial charge in [0.25, 0.3) is 5.78 Å². The molecule has 0 saturated carbocycles. The molecule has 1 heterocycles. The van der Waals surface area contributed by atoms with Crippen LogP contribution in [-0.2, 0) is 9.53 Å². The van der Waals surface area contributed by atoms with Crippen LogP contribution in [-0.4, -0.2) is 25.5 Å². The second-order valence-electron chi connectivity index (χ2n) is 3.53. The molecule has 2 rings (SSSR count). The number of Topliss-reactive ketones (excluding diaryl/α,β-unsaturated/α-hetero) is 1. The molecular weight excluding hydrogens is 252 g/mol. The van der Waals surface area contributed by atoms with Crippen molar-refractivity contribution in [2.75, 3.05) is 13.7 Å². The molecule has 18 heavy (non-hydrogen) atoms. The van der Waals surface area contributed by atoms with E-state index in [-0.39, 0.29) is 6.61 Å². The van der Waals surface area contributed by atoms with E-state index in [9.17, 15) is 9.59 Å². The van der Waals surface area contributed by atoms with Crippen LogP contribution in [0.25, 0.3) is 10.1 Å². The minimum absolute atomic E-state index is 0.193. The molecule has 0 unspecified atom stereocenters. The van der Waals surface area contributed by atoms with Gasteiger partial charge in [0.05, 0.1) is 18.6 Å². The molecule has 94 valence electrons. The maximum absolute atomic E-state index is 11.8. The van der Waals surface area contributed by atoms with Crippen molar-refractivity contribution in [1.29, 1.82) is 0 Å². The Morgan fingerprint density at radius 3 is 2.78 bits per heavy atom. The highest BCUT2D eigenvalue weighted by atomic mass is 32.1. The zero-order valence-corrected chi connectivity index (χ0v) is 10.9. The van der Waals surface area contributed by atoms with Gasteiger partial charge in [-0.15, -0.1) is 11.3 Å².